The van der Waals surface area contributed by atoms with E-state index >= 15 is 0 Å². The summed E-state index contributed by atoms with van der Waals surface area (Å²) in [5.41, 5.74) is 2.17. The SMILES string of the molecule is CCOC(=O)c1nc(Nc2ccc(Cl)cc2)c2c3c(sc2n1)CCCC3. The molecule has 2 heterocycles. The molecule has 26 heavy (non-hydrogen) atoms. The molecule has 0 atom stereocenters. The van der Waals surface area contributed by atoms with E-state index in [0.29, 0.717) is 17.4 Å². The molecule has 0 radical (unpaired) electrons. The van der Waals surface area contributed by atoms with Gasteiger partial charge in [0.25, 0.3) is 0 Å². The molecule has 2 aromatic heterocycles. The fraction of sp³-hybridized carbons (Fsp3) is 0.316. The zero-order valence-electron chi connectivity index (χ0n) is 14.3. The second-order valence-electron chi connectivity index (χ2n) is 6.14. The van der Waals surface area contributed by atoms with E-state index in [2.05, 4.69) is 15.3 Å². The molecule has 1 N–H and O–H groups in total. The lowest BCUT2D eigenvalue weighted by atomic mass is 9.97. The number of nitrogens with one attached hydrogen (secondary N) is 1. The summed E-state index contributed by atoms with van der Waals surface area (Å²) in [4.78, 5) is 23.4. The first-order valence-electron chi connectivity index (χ1n) is 8.67. The topological polar surface area (TPSA) is 64.1 Å². The lowest BCUT2D eigenvalue weighted by Gasteiger charge is -2.13. The minimum atomic E-state index is -0.500. The highest BCUT2D eigenvalue weighted by molar-refractivity contribution is 7.19. The van der Waals surface area contributed by atoms with Crippen molar-refractivity contribution in [1.82, 2.24) is 9.97 Å². The van der Waals surface area contributed by atoms with E-state index < -0.39 is 5.97 Å². The predicted octanol–water partition coefficient (Wildman–Crippen LogP) is 5.14. The van der Waals surface area contributed by atoms with Crippen LogP contribution in [-0.2, 0) is 17.6 Å². The lowest BCUT2D eigenvalue weighted by Crippen LogP contribution is -2.11. The number of anilines is 2. The van der Waals surface area contributed by atoms with Crippen LogP contribution in [0.15, 0.2) is 24.3 Å². The molecule has 1 aromatic carbocycles. The number of halogens is 1. The van der Waals surface area contributed by atoms with Crippen LogP contribution >= 0.6 is 22.9 Å². The third-order valence-corrected chi connectivity index (χ3v) is 5.82. The van der Waals surface area contributed by atoms with E-state index in [4.69, 9.17) is 16.3 Å². The number of aryl methyl sites for hydroxylation is 2. The Kier molecular flexibility index (Phi) is 4.78. The smallest absolute Gasteiger partial charge is 0.376 e. The number of rotatable bonds is 4. The lowest BCUT2D eigenvalue weighted by molar-refractivity contribution is 0.0512. The second-order valence-corrected chi connectivity index (χ2v) is 7.66. The summed E-state index contributed by atoms with van der Waals surface area (Å²) in [6, 6.07) is 7.41. The van der Waals surface area contributed by atoms with E-state index in [0.717, 1.165) is 28.7 Å². The van der Waals surface area contributed by atoms with Crippen LogP contribution in [0.2, 0.25) is 5.02 Å². The molecule has 0 bridgehead atoms. The summed E-state index contributed by atoms with van der Waals surface area (Å²) in [6.07, 6.45) is 4.44. The van der Waals surface area contributed by atoms with Gasteiger partial charge in [-0.05, 0) is 62.4 Å². The predicted molar refractivity (Wildman–Crippen MR) is 105 cm³/mol. The molecule has 1 aliphatic rings. The van der Waals surface area contributed by atoms with Gasteiger partial charge in [-0.1, -0.05) is 11.6 Å². The Morgan fingerprint density at radius 1 is 1.23 bits per heavy atom. The van der Waals surface area contributed by atoms with Gasteiger partial charge >= 0.3 is 5.97 Å². The average molecular weight is 388 g/mol. The van der Waals surface area contributed by atoms with Gasteiger partial charge in [-0.15, -0.1) is 11.3 Å². The molecule has 0 unspecified atom stereocenters. The van der Waals surface area contributed by atoms with Gasteiger partial charge in [-0.25, -0.2) is 14.8 Å². The summed E-state index contributed by atoms with van der Waals surface area (Å²) in [6.45, 7) is 2.06. The Balaban J connectivity index is 1.84. The third kappa shape index (κ3) is 3.27. The van der Waals surface area contributed by atoms with Gasteiger partial charge in [0.15, 0.2) is 0 Å². The Bertz CT molecular complexity index is 969. The number of nitrogens with zero attached hydrogens (tertiary/aromatic N) is 2. The average Bonchev–Trinajstić information content (AvgIpc) is 3.02. The van der Waals surface area contributed by atoms with E-state index in [1.54, 1.807) is 18.3 Å². The normalized spacial score (nSPS) is 13.5. The van der Waals surface area contributed by atoms with Gasteiger partial charge in [0, 0.05) is 15.6 Å². The number of carbonyl (C=O) groups is 1. The van der Waals surface area contributed by atoms with E-state index in [-0.39, 0.29) is 5.82 Å². The highest BCUT2D eigenvalue weighted by Gasteiger charge is 2.23. The quantitative estimate of drug-likeness (QED) is 0.627. The molecule has 3 aromatic rings. The van der Waals surface area contributed by atoms with Crippen LogP contribution in [0.3, 0.4) is 0 Å². The number of benzene rings is 1. The molecule has 0 saturated carbocycles. The minimum Gasteiger partial charge on any atom is -0.460 e. The van der Waals surface area contributed by atoms with Crippen molar-refractivity contribution >= 4 is 50.6 Å². The Labute approximate surface area is 160 Å². The van der Waals surface area contributed by atoms with Gasteiger partial charge in [-0.3, -0.25) is 0 Å². The molecular formula is C19H18ClN3O2S. The van der Waals surface area contributed by atoms with E-state index in [1.165, 1.54) is 23.3 Å². The summed E-state index contributed by atoms with van der Waals surface area (Å²) in [5.74, 6) is 0.245. The third-order valence-electron chi connectivity index (χ3n) is 4.38. The molecule has 1 aliphatic carbocycles. The first kappa shape index (κ1) is 17.2. The molecule has 134 valence electrons. The van der Waals surface area contributed by atoms with Crippen LogP contribution in [0.1, 0.15) is 40.8 Å². The van der Waals surface area contributed by atoms with Crippen LogP contribution in [0, 0.1) is 0 Å². The molecular weight excluding hydrogens is 370 g/mol. The summed E-state index contributed by atoms with van der Waals surface area (Å²) in [5, 5.41) is 5.03. The Hall–Kier alpha value is -2.18. The molecule has 0 amide bonds. The van der Waals surface area contributed by atoms with Crippen molar-refractivity contribution in [3.05, 3.63) is 45.6 Å². The van der Waals surface area contributed by atoms with Crippen LogP contribution in [0.5, 0.6) is 0 Å². The van der Waals surface area contributed by atoms with Crippen LogP contribution in [0.4, 0.5) is 11.5 Å². The standard InChI is InChI=1S/C19H18ClN3O2S/c1-2-25-19(24)17-22-16(21-12-9-7-11(20)8-10-12)15-13-5-3-4-6-14(13)26-18(15)23-17/h7-10H,2-6H2,1H3,(H,21,22,23). The number of hydrogen-bond donors (Lipinski definition) is 1. The van der Waals surface area contributed by atoms with Gasteiger partial charge in [-0.2, -0.15) is 0 Å². The van der Waals surface area contributed by atoms with Crippen molar-refractivity contribution in [3.63, 3.8) is 0 Å². The Morgan fingerprint density at radius 3 is 2.77 bits per heavy atom. The van der Waals surface area contributed by atoms with Gasteiger partial charge in [0.05, 0.1) is 12.0 Å². The molecule has 0 saturated heterocycles. The van der Waals surface area contributed by atoms with Crippen molar-refractivity contribution in [1.29, 1.82) is 0 Å². The molecule has 0 spiro atoms. The highest BCUT2D eigenvalue weighted by Crippen LogP contribution is 2.39. The maximum Gasteiger partial charge on any atom is 0.376 e. The zero-order valence-corrected chi connectivity index (χ0v) is 15.9. The van der Waals surface area contributed by atoms with E-state index in [1.807, 2.05) is 24.3 Å². The number of thiophene rings is 1. The van der Waals surface area contributed by atoms with Gasteiger partial charge < -0.3 is 10.1 Å². The number of esters is 1. The van der Waals surface area contributed by atoms with Crippen molar-refractivity contribution in [2.45, 2.75) is 32.6 Å². The molecule has 0 aliphatic heterocycles. The van der Waals surface area contributed by atoms with Crippen LogP contribution < -0.4 is 5.32 Å². The van der Waals surface area contributed by atoms with E-state index in [9.17, 15) is 4.79 Å². The molecule has 0 fully saturated rings. The minimum absolute atomic E-state index is 0.0920. The largest absolute Gasteiger partial charge is 0.460 e. The fourth-order valence-corrected chi connectivity index (χ4v) is 4.59. The second kappa shape index (κ2) is 7.21. The van der Waals surface area contributed by atoms with Crippen LogP contribution in [0.25, 0.3) is 10.2 Å². The number of aromatic nitrogens is 2. The monoisotopic (exact) mass is 387 g/mol. The van der Waals surface area contributed by atoms with Gasteiger partial charge in [0.1, 0.15) is 10.6 Å². The Morgan fingerprint density at radius 2 is 2.00 bits per heavy atom. The maximum absolute atomic E-state index is 12.2. The first-order chi connectivity index (χ1) is 12.7. The summed E-state index contributed by atoms with van der Waals surface area (Å²) < 4.78 is 5.10. The number of fused-ring (bicyclic) bond motifs is 3. The molecule has 4 rings (SSSR count). The van der Waals surface area contributed by atoms with Gasteiger partial charge in [0.2, 0.25) is 5.82 Å². The summed E-state index contributed by atoms with van der Waals surface area (Å²) in [7, 11) is 0. The highest BCUT2D eigenvalue weighted by atomic mass is 35.5. The van der Waals surface area contributed by atoms with Crippen molar-refractivity contribution in [2.75, 3.05) is 11.9 Å². The number of ether oxygens (including phenoxy) is 1. The van der Waals surface area contributed by atoms with Crippen molar-refractivity contribution < 1.29 is 9.53 Å². The van der Waals surface area contributed by atoms with Crippen molar-refractivity contribution in [3.8, 4) is 0 Å². The first-order valence-corrected chi connectivity index (χ1v) is 9.87. The number of carbonyl (C=O) groups excluding carboxylic acids is 1. The number of hydrogen-bond acceptors (Lipinski definition) is 6. The molecule has 7 heteroatoms. The van der Waals surface area contributed by atoms with Crippen molar-refractivity contribution in [2.24, 2.45) is 0 Å². The zero-order chi connectivity index (χ0) is 18.1. The fourth-order valence-electron chi connectivity index (χ4n) is 3.20. The van der Waals surface area contributed by atoms with Crippen LogP contribution in [-0.4, -0.2) is 22.5 Å². The maximum atomic E-state index is 12.2. The molecule has 5 nitrogen and oxygen atoms in total. The summed E-state index contributed by atoms with van der Waals surface area (Å²) >= 11 is 7.63.